The highest BCUT2D eigenvalue weighted by molar-refractivity contribution is 5.82. The number of phenolic OH excluding ortho intramolecular Hbond substituents is 1. The van der Waals surface area contributed by atoms with Crippen molar-refractivity contribution >= 4 is 11.0 Å². The summed E-state index contributed by atoms with van der Waals surface area (Å²) in [6.45, 7) is 7.09. The Hall–Kier alpha value is -3.03. The van der Waals surface area contributed by atoms with Crippen molar-refractivity contribution in [1.82, 2.24) is 9.80 Å². The monoisotopic (exact) mass is 438 g/mol. The summed E-state index contributed by atoms with van der Waals surface area (Å²) in [7, 11) is 3.36. The number of ether oxygens (including phenoxy) is 2. The van der Waals surface area contributed by atoms with Gasteiger partial charge in [-0.1, -0.05) is 6.92 Å². The van der Waals surface area contributed by atoms with Gasteiger partial charge in [-0.2, -0.15) is 0 Å². The average molecular weight is 439 g/mol. The van der Waals surface area contributed by atoms with Crippen molar-refractivity contribution in [2.75, 3.05) is 40.4 Å². The molecule has 4 rings (SSSR count). The van der Waals surface area contributed by atoms with Gasteiger partial charge in [0, 0.05) is 62.4 Å². The molecule has 7 nitrogen and oxygen atoms in total. The molecule has 2 heterocycles. The van der Waals surface area contributed by atoms with E-state index in [0.29, 0.717) is 18.5 Å². The fourth-order valence-electron chi connectivity index (χ4n) is 4.31. The average Bonchev–Trinajstić information content (AvgIpc) is 2.79. The van der Waals surface area contributed by atoms with Crippen LogP contribution in [-0.4, -0.2) is 55.3 Å². The van der Waals surface area contributed by atoms with E-state index in [1.807, 2.05) is 31.2 Å². The molecule has 32 heavy (non-hydrogen) atoms. The maximum absolute atomic E-state index is 12.1. The highest BCUT2D eigenvalue weighted by Gasteiger charge is 2.20. The molecule has 1 saturated heterocycles. The van der Waals surface area contributed by atoms with Crippen LogP contribution in [0.4, 0.5) is 0 Å². The molecule has 1 aromatic heterocycles. The molecular formula is C25H30N2O5. The minimum atomic E-state index is -0.389. The summed E-state index contributed by atoms with van der Waals surface area (Å²) >= 11 is 0. The third-order valence-corrected chi connectivity index (χ3v) is 6.15. The molecule has 0 atom stereocenters. The van der Waals surface area contributed by atoms with E-state index in [1.165, 1.54) is 0 Å². The van der Waals surface area contributed by atoms with Crippen LogP contribution in [0.2, 0.25) is 0 Å². The fraction of sp³-hybridized carbons (Fsp3) is 0.400. The first kappa shape index (κ1) is 22.2. The van der Waals surface area contributed by atoms with Gasteiger partial charge in [-0.15, -0.1) is 0 Å². The van der Waals surface area contributed by atoms with Crippen LogP contribution in [0.25, 0.3) is 11.0 Å². The van der Waals surface area contributed by atoms with Crippen LogP contribution >= 0.6 is 0 Å². The van der Waals surface area contributed by atoms with Crippen LogP contribution < -0.4 is 15.1 Å². The molecule has 1 N–H and O–H groups in total. The molecule has 0 spiro atoms. The van der Waals surface area contributed by atoms with E-state index in [9.17, 15) is 9.90 Å². The lowest BCUT2D eigenvalue weighted by Gasteiger charge is -2.35. The number of hydrogen-bond acceptors (Lipinski definition) is 7. The Morgan fingerprint density at radius 1 is 0.906 bits per heavy atom. The van der Waals surface area contributed by atoms with Gasteiger partial charge < -0.3 is 19.0 Å². The van der Waals surface area contributed by atoms with Gasteiger partial charge >= 0.3 is 5.63 Å². The summed E-state index contributed by atoms with van der Waals surface area (Å²) in [6, 6.07) is 10.9. The molecule has 1 aliphatic heterocycles. The van der Waals surface area contributed by atoms with Crippen molar-refractivity contribution < 1.29 is 19.0 Å². The summed E-state index contributed by atoms with van der Waals surface area (Å²) < 4.78 is 16.2. The summed E-state index contributed by atoms with van der Waals surface area (Å²) in [4.78, 5) is 16.8. The number of aromatic hydroxyl groups is 1. The maximum atomic E-state index is 12.1. The van der Waals surface area contributed by atoms with Crippen LogP contribution in [0.15, 0.2) is 45.6 Å². The number of methoxy groups -OCH3 is 2. The predicted octanol–water partition coefficient (Wildman–Crippen LogP) is 3.40. The Kier molecular flexibility index (Phi) is 6.67. The number of rotatable bonds is 7. The van der Waals surface area contributed by atoms with E-state index in [1.54, 1.807) is 26.4 Å². The van der Waals surface area contributed by atoms with Gasteiger partial charge in [-0.3, -0.25) is 9.80 Å². The number of benzene rings is 2. The second-order valence-corrected chi connectivity index (χ2v) is 8.15. The molecule has 0 aliphatic carbocycles. The lowest BCUT2D eigenvalue weighted by atomic mass is 10.0. The van der Waals surface area contributed by atoms with Crippen molar-refractivity contribution in [2.24, 2.45) is 0 Å². The summed E-state index contributed by atoms with van der Waals surface area (Å²) in [6.07, 6.45) is 0.715. The van der Waals surface area contributed by atoms with Crippen LogP contribution in [-0.2, 0) is 19.5 Å². The minimum Gasteiger partial charge on any atom is -0.508 e. The van der Waals surface area contributed by atoms with Crippen LogP contribution in [0.1, 0.15) is 23.6 Å². The normalized spacial score (nSPS) is 15.2. The van der Waals surface area contributed by atoms with E-state index in [-0.39, 0.29) is 11.4 Å². The van der Waals surface area contributed by atoms with Gasteiger partial charge in [0.1, 0.15) is 22.8 Å². The van der Waals surface area contributed by atoms with Crippen molar-refractivity contribution in [1.29, 1.82) is 0 Å². The molecule has 0 radical (unpaired) electrons. The third kappa shape index (κ3) is 4.74. The largest absolute Gasteiger partial charge is 0.508 e. The SMILES string of the molecule is CCc1cc2c(CN3CCN(Cc4cc(OC)ccc4OC)CC3)cc(=O)oc2cc1O. The molecule has 0 amide bonds. The lowest BCUT2D eigenvalue weighted by molar-refractivity contribution is 0.121. The van der Waals surface area contributed by atoms with Crippen molar-refractivity contribution in [3.63, 3.8) is 0 Å². The van der Waals surface area contributed by atoms with Crippen molar-refractivity contribution in [3.05, 3.63) is 63.5 Å². The summed E-state index contributed by atoms with van der Waals surface area (Å²) in [5.74, 6) is 1.86. The third-order valence-electron chi connectivity index (χ3n) is 6.15. The number of phenols is 1. The zero-order chi connectivity index (χ0) is 22.7. The van der Waals surface area contributed by atoms with E-state index in [0.717, 1.165) is 66.3 Å². The van der Waals surface area contributed by atoms with E-state index in [4.69, 9.17) is 13.9 Å². The predicted molar refractivity (Wildman–Crippen MR) is 124 cm³/mol. The molecule has 0 saturated carbocycles. The van der Waals surface area contributed by atoms with E-state index >= 15 is 0 Å². The molecular weight excluding hydrogens is 408 g/mol. The first-order valence-corrected chi connectivity index (χ1v) is 10.9. The molecule has 170 valence electrons. The Morgan fingerprint density at radius 2 is 1.59 bits per heavy atom. The molecule has 2 aromatic carbocycles. The first-order valence-electron chi connectivity index (χ1n) is 10.9. The number of nitrogens with zero attached hydrogens (tertiary/aromatic N) is 2. The second-order valence-electron chi connectivity index (χ2n) is 8.15. The van der Waals surface area contributed by atoms with Gasteiger partial charge in [0.15, 0.2) is 0 Å². The zero-order valence-corrected chi connectivity index (χ0v) is 18.9. The van der Waals surface area contributed by atoms with Crippen LogP contribution in [0.3, 0.4) is 0 Å². The quantitative estimate of drug-likeness (QED) is 0.567. The Bertz CT molecular complexity index is 1150. The lowest BCUT2D eigenvalue weighted by Crippen LogP contribution is -2.45. The summed E-state index contributed by atoms with van der Waals surface area (Å²) in [5.41, 5.74) is 2.95. The Labute approximate surface area is 187 Å². The fourth-order valence-corrected chi connectivity index (χ4v) is 4.31. The number of aryl methyl sites for hydroxylation is 1. The Morgan fingerprint density at radius 3 is 2.22 bits per heavy atom. The molecule has 7 heteroatoms. The highest BCUT2D eigenvalue weighted by atomic mass is 16.5. The van der Waals surface area contributed by atoms with Gasteiger partial charge in [-0.25, -0.2) is 4.79 Å². The highest BCUT2D eigenvalue weighted by Crippen LogP contribution is 2.28. The molecule has 1 aliphatic rings. The van der Waals surface area contributed by atoms with Gasteiger partial charge in [-0.05, 0) is 41.8 Å². The van der Waals surface area contributed by atoms with E-state index < -0.39 is 0 Å². The summed E-state index contributed by atoms with van der Waals surface area (Å²) in [5, 5.41) is 11.0. The number of piperazine rings is 1. The van der Waals surface area contributed by atoms with Gasteiger partial charge in [0.05, 0.1) is 14.2 Å². The maximum Gasteiger partial charge on any atom is 0.336 e. The first-order chi connectivity index (χ1) is 15.5. The second kappa shape index (κ2) is 9.63. The minimum absolute atomic E-state index is 0.168. The molecule has 0 unspecified atom stereocenters. The van der Waals surface area contributed by atoms with Crippen LogP contribution in [0.5, 0.6) is 17.2 Å². The zero-order valence-electron chi connectivity index (χ0n) is 18.9. The van der Waals surface area contributed by atoms with Crippen molar-refractivity contribution in [3.8, 4) is 17.2 Å². The standard InChI is InChI=1S/C25H30N2O5/c1-4-17-12-21-18(13-25(29)32-24(21)14-22(17)28)15-26-7-9-27(10-8-26)16-19-11-20(30-2)5-6-23(19)31-3/h5-6,11-14,28H,4,7-10,15-16H2,1-3H3. The van der Waals surface area contributed by atoms with E-state index in [2.05, 4.69) is 9.80 Å². The molecule has 0 bridgehead atoms. The number of hydrogen-bond donors (Lipinski definition) is 1. The molecule has 1 fully saturated rings. The van der Waals surface area contributed by atoms with Crippen LogP contribution in [0, 0.1) is 0 Å². The van der Waals surface area contributed by atoms with Gasteiger partial charge in [0.2, 0.25) is 0 Å². The van der Waals surface area contributed by atoms with Crippen molar-refractivity contribution in [2.45, 2.75) is 26.4 Å². The van der Waals surface area contributed by atoms with Gasteiger partial charge in [0.25, 0.3) is 0 Å². The topological polar surface area (TPSA) is 75.4 Å². The number of fused-ring (bicyclic) bond motifs is 1. The Balaban J connectivity index is 1.46. The molecule has 3 aromatic rings. The smallest absolute Gasteiger partial charge is 0.336 e.